The second-order valence-electron chi connectivity index (χ2n) is 32.9. The molecule has 0 bridgehead atoms. The number of carbonyl (C=O) groups is 4. The molecule has 14 rings (SSSR count). The molecular formula is C110H134N20O17S3. The molecule has 0 aliphatic heterocycles. The van der Waals surface area contributed by atoms with Crippen molar-refractivity contribution in [3.8, 4) is 23.5 Å². The maximum absolute atomic E-state index is 11.9. The van der Waals surface area contributed by atoms with Gasteiger partial charge >= 0.3 is 0 Å². The molecule has 0 fully saturated rings. The molecule has 0 radical (unpaired) electrons. The van der Waals surface area contributed by atoms with Gasteiger partial charge in [-0.2, -0.15) is 45.2 Å². The second kappa shape index (κ2) is 59.7. The van der Waals surface area contributed by atoms with E-state index < -0.39 is 30.4 Å². The first kappa shape index (κ1) is 126. The Labute approximate surface area is 879 Å². The monoisotopic (exact) mass is 2100 g/mol. The predicted molar refractivity (Wildman–Crippen MR) is 597 cm³/mol. The number of nitrogens with one attached hydrogen (secondary N) is 8. The summed E-state index contributed by atoms with van der Waals surface area (Å²) in [6, 6.07) is 44.3. The molecule has 37 nitrogen and oxygen atoms in total. The maximum Gasteiger partial charge on any atom is 0.294 e. The van der Waals surface area contributed by atoms with Gasteiger partial charge in [-0.25, -0.2) is 39.9 Å². The largest absolute Gasteiger partial charge is 0.481 e. The Bertz CT molecular complexity index is 6710. The van der Waals surface area contributed by atoms with Crippen molar-refractivity contribution in [2.24, 2.45) is 0 Å². The molecule has 0 unspecified atom stereocenters. The highest BCUT2D eigenvalue weighted by Gasteiger charge is 2.20. The summed E-state index contributed by atoms with van der Waals surface area (Å²) in [5.74, 6) is 6.26. The number of anilines is 16. The zero-order chi connectivity index (χ0) is 107. The van der Waals surface area contributed by atoms with Crippen LogP contribution in [0.25, 0.3) is 0 Å². The summed E-state index contributed by atoms with van der Waals surface area (Å²) in [5.41, 5.74) is 22.7. The lowest BCUT2D eigenvalue weighted by atomic mass is 10.0. The fourth-order valence-corrected chi connectivity index (χ4v) is 13.8. The molecule has 0 atom stereocenters. The van der Waals surface area contributed by atoms with E-state index >= 15 is 0 Å². The molecule has 6 aromatic carbocycles. The normalized spacial score (nSPS) is 10.3. The molecule has 11 N–H and O–H groups in total. The number of benzene rings is 6. The maximum atomic E-state index is 11.9. The summed E-state index contributed by atoms with van der Waals surface area (Å²) in [4.78, 5) is 100. The molecule has 0 aliphatic rings. The Kier molecular flexibility index (Phi) is 50.0. The van der Waals surface area contributed by atoms with Gasteiger partial charge in [0.15, 0.2) is 23.1 Å². The molecule has 150 heavy (non-hydrogen) atoms. The Morgan fingerprint density at radius 3 is 0.673 bits per heavy atom. The number of hydrogen-bond donors (Lipinski definition) is 11. The summed E-state index contributed by atoms with van der Waals surface area (Å²) >= 11 is 0. The number of ether oxygens (including phenoxy) is 4. The molecule has 0 saturated heterocycles. The van der Waals surface area contributed by atoms with Gasteiger partial charge in [0.05, 0.1) is 67.2 Å². The molecule has 14 aromatic rings. The summed E-state index contributed by atoms with van der Waals surface area (Å²) in [5, 5.41) is 26.2. The van der Waals surface area contributed by atoms with Crippen LogP contribution in [0.1, 0.15) is 124 Å². The number of rotatable bonds is 34. The highest BCUT2D eigenvalue weighted by atomic mass is 32.2. The van der Waals surface area contributed by atoms with Crippen LogP contribution in [0.5, 0.6) is 23.5 Å². The molecule has 40 heteroatoms. The molecule has 8 aromatic heterocycles. The van der Waals surface area contributed by atoms with Crippen LogP contribution in [0.3, 0.4) is 0 Å². The minimum Gasteiger partial charge on any atom is -0.481 e. The number of pyridine rings is 4. The molecule has 0 saturated carbocycles. The smallest absolute Gasteiger partial charge is 0.294 e. The van der Waals surface area contributed by atoms with Crippen molar-refractivity contribution in [3.05, 3.63) is 346 Å². The van der Waals surface area contributed by atoms with Gasteiger partial charge in [-0.05, 0) is 207 Å². The van der Waals surface area contributed by atoms with Crippen LogP contribution in [-0.4, -0.2) is 157 Å². The summed E-state index contributed by atoms with van der Waals surface area (Å²) in [7, 11) is -5.40. The van der Waals surface area contributed by atoms with Gasteiger partial charge < -0.3 is 61.5 Å². The lowest BCUT2D eigenvalue weighted by Gasteiger charge is -2.15. The zero-order valence-electron chi connectivity index (χ0n) is 84.2. The molecule has 0 aliphatic carbocycles. The van der Waals surface area contributed by atoms with E-state index in [-0.39, 0.29) is 88.3 Å². The van der Waals surface area contributed by atoms with Crippen LogP contribution < -0.4 is 61.5 Å². The fraction of sp³-hybridized carbons (Fsp3) is 0.236. The topological polar surface area (TPSA) is 519 Å². The minimum absolute atomic E-state index is 0. The van der Waals surface area contributed by atoms with Crippen molar-refractivity contribution in [1.82, 2.24) is 59.8 Å². The Morgan fingerprint density at radius 1 is 0.280 bits per heavy atom. The first-order chi connectivity index (χ1) is 69.2. The Morgan fingerprint density at radius 2 is 0.480 bits per heavy atom. The van der Waals surface area contributed by atoms with E-state index in [1.807, 2.05) is 163 Å². The minimum atomic E-state index is -4.02. The average molecular weight is 2100 g/mol. The fourth-order valence-electron chi connectivity index (χ4n) is 12.8. The average Bonchev–Trinajstić information content (AvgIpc) is 0.826. The van der Waals surface area contributed by atoms with Crippen LogP contribution in [0, 0.1) is 90.0 Å². The highest BCUT2D eigenvalue weighted by molar-refractivity contribution is 7.86. The quantitative estimate of drug-likeness (QED) is 0.0132. The number of carbonyl (C=O) groups excluding carboxylic acids is 4. The lowest BCUT2D eigenvalue weighted by molar-refractivity contribution is -0.114. The number of aryl methyl sites for hydroxylation is 13. The SMILES string of the molecule is C.C.C.C.C=CC(=O)Cc1cc(C)ccc1Nc1nc(Nc2cc(OC)ncc2C)ncc1C.C=CC(=O)Cc1cc(C)ccc1Nc1nc(Nc2cc(OC)ncc2C)ncc1C.C=CC(=O)Cc1cc(C)ccc1Nc1nc(Nc2cc(OC)ncc2C)ncc1C.C=CC(=O)Cc1cc(C)ccc1Nc1nc(Nc2cc(OC)ncc2C)ncc1C.CS(=O)(=O)O.Cc1ccc(S(=O)(=O)O)cc1.O=S(=O)(O)c1ccccc1. The van der Waals surface area contributed by atoms with E-state index in [0.29, 0.717) is 76.8 Å². The third-order valence-electron chi connectivity index (χ3n) is 20.8. The Hall–Kier alpha value is -16.8. The third kappa shape index (κ3) is 40.9. The molecule has 0 spiro atoms. The Balaban J connectivity index is 0.000000381. The van der Waals surface area contributed by atoms with E-state index in [2.05, 4.69) is 129 Å². The van der Waals surface area contributed by atoms with Gasteiger partial charge in [-0.1, -0.05) is 163 Å². The van der Waals surface area contributed by atoms with Crippen LogP contribution in [0.2, 0.25) is 0 Å². The van der Waals surface area contributed by atoms with Crippen molar-refractivity contribution in [2.75, 3.05) is 77.2 Å². The number of hydrogen-bond acceptors (Lipinski definition) is 34. The van der Waals surface area contributed by atoms with Crippen molar-refractivity contribution in [2.45, 2.75) is 155 Å². The summed E-state index contributed by atoms with van der Waals surface area (Å²) < 4.78 is 105. The van der Waals surface area contributed by atoms with Gasteiger partial charge in [0.1, 0.15) is 23.3 Å². The summed E-state index contributed by atoms with van der Waals surface area (Å²) in [6.45, 7) is 39.6. The number of ketones is 4. The van der Waals surface area contributed by atoms with Gasteiger partial charge in [-0.3, -0.25) is 32.8 Å². The van der Waals surface area contributed by atoms with E-state index in [1.165, 1.54) is 48.6 Å². The van der Waals surface area contributed by atoms with Crippen molar-refractivity contribution < 1.29 is 77.0 Å². The molecule has 0 amide bonds. The van der Waals surface area contributed by atoms with Crippen LogP contribution >= 0.6 is 0 Å². The van der Waals surface area contributed by atoms with Crippen LogP contribution in [-0.2, 0) is 75.2 Å². The first-order valence-corrected chi connectivity index (χ1v) is 49.4. The first-order valence-electron chi connectivity index (χ1n) is 44.7. The van der Waals surface area contributed by atoms with Crippen LogP contribution in [0.4, 0.5) is 92.6 Å². The van der Waals surface area contributed by atoms with Gasteiger partial charge in [0, 0.05) is 145 Å². The van der Waals surface area contributed by atoms with Crippen molar-refractivity contribution in [1.29, 1.82) is 0 Å². The van der Waals surface area contributed by atoms with Crippen molar-refractivity contribution in [3.63, 3.8) is 0 Å². The standard InChI is InChI=1S/4C23H25N5O2.C7H8O3S.C6H6O3S.CH4O3S.4CH4/c4*1-6-18(29)10-17-9-14(2)7-8-19(17)26-22-16(4)13-25-23(28-22)27-20-11-21(30-5)24-12-15(20)3;1-6-2-4-7(5-3-6)11(8,9)10;7-10(8,9)6-4-2-1-3-5-6;1-5(2,3)4;;;;/h4*6-9,11-13H,1,10H2,2-5H3,(H2,24,25,26,27,28);2-5H,1H3,(H,8,9,10);1-5H,(H,7,8,9);1H3,(H,2,3,4);4*1H4. The highest BCUT2D eigenvalue weighted by Crippen LogP contribution is 2.34. The van der Waals surface area contributed by atoms with E-state index in [9.17, 15) is 44.4 Å². The molecule has 8 heterocycles. The molecular weight excluding hydrogens is 1970 g/mol. The van der Waals surface area contributed by atoms with E-state index in [4.69, 9.17) is 32.6 Å². The van der Waals surface area contributed by atoms with Gasteiger partial charge in [0.2, 0.25) is 47.3 Å². The predicted octanol–water partition coefficient (Wildman–Crippen LogP) is 22.6. The van der Waals surface area contributed by atoms with E-state index in [0.717, 1.165) is 140 Å². The van der Waals surface area contributed by atoms with Gasteiger partial charge in [-0.15, -0.1) is 0 Å². The summed E-state index contributed by atoms with van der Waals surface area (Å²) in [6.07, 6.45) is 21.1. The second-order valence-corrected chi connectivity index (χ2v) is 37.2. The number of methoxy groups -OCH3 is 4. The number of nitrogens with zero attached hydrogens (tertiary/aromatic N) is 12. The van der Waals surface area contributed by atoms with Crippen molar-refractivity contribution >= 4 is 146 Å². The lowest BCUT2D eigenvalue weighted by Crippen LogP contribution is -2.07. The van der Waals surface area contributed by atoms with E-state index in [1.54, 1.807) is 133 Å². The number of allylic oxidation sites excluding steroid dienone is 4. The third-order valence-corrected chi connectivity index (χ3v) is 22.5. The van der Waals surface area contributed by atoms with Crippen LogP contribution in [0.15, 0.2) is 262 Å². The van der Waals surface area contributed by atoms with Gasteiger partial charge in [0.25, 0.3) is 30.4 Å². The molecule has 794 valence electrons. The number of aromatic nitrogens is 12. The zero-order valence-corrected chi connectivity index (χ0v) is 86.6.